The Bertz CT molecular complexity index is 1420. The average molecular weight is 471 g/mol. The molecule has 176 valence electrons. The van der Waals surface area contributed by atoms with Crippen LogP contribution in [0.4, 0.5) is 5.69 Å². The van der Waals surface area contributed by atoms with E-state index in [1.165, 1.54) is 28.8 Å². The molecule has 0 unspecified atom stereocenters. The van der Waals surface area contributed by atoms with Crippen LogP contribution in [-0.2, 0) is 16.8 Å². The summed E-state index contributed by atoms with van der Waals surface area (Å²) in [5.41, 5.74) is 0.0489. The van der Waals surface area contributed by atoms with Crippen molar-refractivity contribution in [2.24, 2.45) is 0 Å². The summed E-state index contributed by atoms with van der Waals surface area (Å²) in [7, 11) is 0. The van der Waals surface area contributed by atoms with Crippen LogP contribution in [0.2, 0.25) is 0 Å². The van der Waals surface area contributed by atoms with E-state index in [0.29, 0.717) is 16.8 Å². The number of non-ortho nitro benzene ring substituents is 1. The number of aliphatic carboxylic acids is 1. The first-order valence-corrected chi connectivity index (χ1v) is 10.9. The Balaban J connectivity index is 1.75. The van der Waals surface area contributed by atoms with Gasteiger partial charge >= 0.3 is 5.97 Å². The summed E-state index contributed by atoms with van der Waals surface area (Å²) >= 11 is 0. The van der Waals surface area contributed by atoms with E-state index in [1.807, 2.05) is 6.07 Å². The van der Waals surface area contributed by atoms with E-state index in [4.69, 9.17) is 0 Å². The Morgan fingerprint density at radius 3 is 2.11 bits per heavy atom. The summed E-state index contributed by atoms with van der Waals surface area (Å²) in [6, 6.07) is 22.4. The van der Waals surface area contributed by atoms with Gasteiger partial charge in [0.15, 0.2) is 5.54 Å². The molecule has 0 fully saturated rings. The number of rotatable bonds is 6. The van der Waals surface area contributed by atoms with Gasteiger partial charge in [-0.2, -0.15) is 0 Å². The van der Waals surface area contributed by atoms with E-state index < -0.39 is 22.5 Å². The number of carboxylic acids is 1. The summed E-state index contributed by atoms with van der Waals surface area (Å²) in [5.74, 6) is -1.93. The van der Waals surface area contributed by atoms with Crippen LogP contribution in [0.15, 0.2) is 84.9 Å². The third-order valence-corrected chi connectivity index (χ3v) is 6.39. The molecule has 2 heterocycles. The molecule has 5 rings (SSSR count). The number of aromatic nitrogens is 1. The first kappa shape index (κ1) is 22.2. The van der Waals surface area contributed by atoms with E-state index in [9.17, 15) is 30.2 Å². The fourth-order valence-electron chi connectivity index (χ4n) is 4.80. The zero-order valence-corrected chi connectivity index (χ0v) is 18.3. The Morgan fingerprint density at radius 2 is 1.54 bits per heavy atom. The highest BCUT2D eigenvalue weighted by Crippen LogP contribution is 2.53. The molecule has 35 heavy (non-hydrogen) atoms. The van der Waals surface area contributed by atoms with Crippen LogP contribution in [-0.4, -0.2) is 30.8 Å². The van der Waals surface area contributed by atoms with Gasteiger partial charge in [0, 0.05) is 24.1 Å². The molecule has 1 aliphatic heterocycles. The van der Waals surface area contributed by atoms with Crippen molar-refractivity contribution in [2.45, 2.75) is 18.0 Å². The van der Waals surface area contributed by atoms with Crippen molar-refractivity contribution in [3.8, 4) is 17.4 Å². The molecule has 9 nitrogen and oxygen atoms in total. The van der Waals surface area contributed by atoms with Gasteiger partial charge in [0.25, 0.3) is 5.69 Å². The quantitative estimate of drug-likeness (QED) is 0.246. The van der Waals surface area contributed by atoms with Crippen molar-refractivity contribution < 1.29 is 25.0 Å². The van der Waals surface area contributed by atoms with Gasteiger partial charge in [-0.05, 0) is 23.3 Å². The van der Waals surface area contributed by atoms with Gasteiger partial charge in [0.1, 0.15) is 0 Å². The zero-order chi connectivity index (χ0) is 24.7. The summed E-state index contributed by atoms with van der Waals surface area (Å²) in [6.45, 7) is 0. The molecule has 2 atom stereocenters. The summed E-state index contributed by atoms with van der Waals surface area (Å²) < 4.78 is 1.21. The molecule has 0 aliphatic carbocycles. The fourth-order valence-corrected chi connectivity index (χ4v) is 4.80. The monoisotopic (exact) mass is 471 g/mol. The Kier molecular flexibility index (Phi) is 5.26. The maximum atomic E-state index is 12.9. The molecule has 1 aliphatic rings. The summed E-state index contributed by atoms with van der Waals surface area (Å²) in [5, 5.41) is 47.4. The molecule has 0 bridgehead atoms. The second-order valence-corrected chi connectivity index (χ2v) is 8.41. The molecule has 0 spiro atoms. The number of nitro benzene ring substituents is 1. The van der Waals surface area contributed by atoms with Crippen LogP contribution in [0.25, 0.3) is 5.69 Å². The lowest BCUT2D eigenvalue weighted by Gasteiger charge is -2.28. The first-order valence-electron chi connectivity index (χ1n) is 10.9. The largest absolute Gasteiger partial charge is 0.494 e. The van der Waals surface area contributed by atoms with Crippen molar-refractivity contribution in [1.82, 2.24) is 9.88 Å². The number of fused-ring (bicyclic) bond motifs is 1. The lowest BCUT2D eigenvalue weighted by Crippen LogP contribution is -2.48. The Labute approximate surface area is 199 Å². The predicted octanol–water partition coefficient (Wildman–Crippen LogP) is 4.01. The molecule has 0 saturated heterocycles. The van der Waals surface area contributed by atoms with Crippen LogP contribution in [0.1, 0.15) is 28.3 Å². The molecule has 1 aromatic heterocycles. The van der Waals surface area contributed by atoms with Crippen LogP contribution in [0.3, 0.4) is 0 Å². The van der Waals surface area contributed by atoms with E-state index in [-0.39, 0.29) is 35.0 Å². The third kappa shape index (κ3) is 3.49. The fraction of sp³-hybridized carbons (Fsp3) is 0.115. The molecular formula is C26H21N3O6. The van der Waals surface area contributed by atoms with Gasteiger partial charge in [0.05, 0.1) is 22.2 Å². The normalized spacial score (nSPS) is 18.8. The number of nitro groups is 1. The molecule has 0 amide bonds. The van der Waals surface area contributed by atoms with E-state index in [2.05, 4.69) is 5.32 Å². The number of benzene rings is 3. The standard InChI is InChI=1S/C26H21N3O6/c30-23-20-21(24(31)28(23)18-9-5-2-6-10-18)26(25(32)33,15-16-7-3-1-4-8-16)27-22(20)17-11-13-19(14-12-17)29(34)35/h1-14,22,27,30-31H,15H2,(H,32,33)/t22-,26-/m0/s1. The van der Waals surface area contributed by atoms with Crippen molar-refractivity contribution in [2.75, 3.05) is 0 Å². The van der Waals surface area contributed by atoms with Gasteiger partial charge in [-0.25, -0.2) is 4.79 Å². The predicted molar refractivity (Wildman–Crippen MR) is 127 cm³/mol. The molecule has 3 aromatic carbocycles. The second-order valence-electron chi connectivity index (χ2n) is 8.41. The maximum Gasteiger partial charge on any atom is 0.329 e. The smallest absolute Gasteiger partial charge is 0.329 e. The van der Waals surface area contributed by atoms with Crippen molar-refractivity contribution in [3.63, 3.8) is 0 Å². The number of carboxylic acid groups (broad SMARTS) is 1. The minimum absolute atomic E-state index is 0.00847. The third-order valence-electron chi connectivity index (χ3n) is 6.39. The first-order chi connectivity index (χ1) is 16.8. The minimum atomic E-state index is -1.77. The van der Waals surface area contributed by atoms with Crippen LogP contribution < -0.4 is 5.32 Å². The molecular weight excluding hydrogens is 450 g/mol. The lowest BCUT2D eigenvalue weighted by atomic mass is 9.85. The Hall–Kier alpha value is -4.63. The highest BCUT2D eigenvalue weighted by Gasteiger charge is 2.55. The number of hydrogen-bond donors (Lipinski definition) is 4. The number of nitrogens with zero attached hydrogens (tertiary/aromatic N) is 2. The minimum Gasteiger partial charge on any atom is -0.494 e. The summed E-state index contributed by atoms with van der Waals surface area (Å²) in [4.78, 5) is 23.5. The maximum absolute atomic E-state index is 12.9. The average Bonchev–Trinajstić information content (AvgIpc) is 3.34. The Morgan fingerprint density at radius 1 is 0.943 bits per heavy atom. The number of para-hydroxylation sites is 1. The number of aromatic hydroxyl groups is 2. The van der Waals surface area contributed by atoms with Crippen LogP contribution in [0.5, 0.6) is 11.8 Å². The van der Waals surface area contributed by atoms with Gasteiger partial charge in [0.2, 0.25) is 11.8 Å². The number of nitrogens with one attached hydrogen (secondary N) is 1. The van der Waals surface area contributed by atoms with Gasteiger partial charge in [-0.3, -0.25) is 20.0 Å². The van der Waals surface area contributed by atoms with Gasteiger partial charge in [-0.1, -0.05) is 60.7 Å². The summed E-state index contributed by atoms with van der Waals surface area (Å²) in [6.07, 6.45) is -0.00847. The van der Waals surface area contributed by atoms with Gasteiger partial charge in [-0.15, -0.1) is 0 Å². The lowest BCUT2D eigenvalue weighted by molar-refractivity contribution is -0.384. The van der Waals surface area contributed by atoms with E-state index >= 15 is 0 Å². The molecule has 0 saturated carbocycles. The van der Waals surface area contributed by atoms with Crippen molar-refractivity contribution >= 4 is 11.7 Å². The molecule has 9 heteroatoms. The highest BCUT2D eigenvalue weighted by atomic mass is 16.6. The van der Waals surface area contributed by atoms with Gasteiger partial charge < -0.3 is 15.3 Å². The van der Waals surface area contributed by atoms with Crippen molar-refractivity contribution in [1.29, 1.82) is 0 Å². The van der Waals surface area contributed by atoms with Crippen molar-refractivity contribution in [3.05, 3.63) is 117 Å². The SMILES string of the molecule is O=C(O)[C@@]1(Cc2ccccc2)N[C@@H](c2ccc([N+](=O)[O-])cc2)c2c1c(O)n(-c1ccccc1)c2O. The molecule has 4 N–H and O–H groups in total. The molecule has 0 radical (unpaired) electrons. The van der Waals surface area contributed by atoms with E-state index in [0.717, 1.165) is 0 Å². The van der Waals surface area contributed by atoms with E-state index in [1.54, 1.807) is 54.6 Å². The van der Waals surface area contributed by atoms with Crippen LogP contribution in [0, 0.1) is 10.1 Å². The number of carbonyl (C=O) groups is 1. The topological polar surface area (TPSA) is 138 Å². The number of hydrogen-bond acceptors (Lipinski definition) is 6. The highest BCUT2D eigenvalue weighted by molar-refractivity contribution is 5.86. The van der Waals surface area contributed by atoms with Crippen LogP contribution >= 0.6 is 0 Å². The second kappa shape index (κ2) is 8.30. The molecule has 4 aromatic rings. The zero-order valence-electron chi connectivity index (χ0n) is 18.3.